The molecule has 280 valence electrons. The Balaban J connectivity index is 1.71. The highest BCUT2D eigenvalue weighted by Gasteiger charge is 2.40. The Morgan fingerprint density at radius 1 is 0.824 bits per heavy atom. The van der Waals surface area contributed by atoms with Crippen LogP contribution in [0.2, 0.25) is 0 Å². The van der Waals surface area contributed by atoms with Crippen LogP contribution >= 0.6 is 0 Å². The van der Waals surface area contributed by atoms with Gasteiger partial charge in [-0.25, -0.2) is 0 Å². The highest BCUT2D eigenvalue weighted by atomic mass is 16.4. The van der Waals surface area contributed by atoms with E-state index in [1.807, 2.05) is 74.5 Å². The number of aliphatic carboxylic acids is 1. The van der Waals surface area contributed by atoms with E-state index >= 15 is 0 Å². The van der Waals surface area contributed by atoms with Crippen LogP contribution in [0.3, 0.4) is 0 Å². The minimum atomic E-state index is -1.40. The molecule has 2 aromatic rings. The lowest BCUT2D eigenvalue weighted by molar-refractivity contribution is -0.148. The summed E-state index contributed by atoms with van der Waals surface area (Å²) in [4.78, 5) is 67.7. The van der Waals surface area contributed by atoms with E-state index in [1.165, 1.54) is 4.90 Å². The van der Waals surface area contributed by atoms with Crippen molar-refractivity contribution in [3.05, 3.63) is 71.8 Å². The largest absolute Gasteiger partial charge is 0.480 e. The third kappa shape index (κ3) is 13.4. The first-order valence-corrected chi connectivity index (χ1v) is 18.0. The highest BCUT2D eigenvalue weighted by Crippen LogP contribution is 2.21. The number of nitrogens with zero attached hydrogens (tertiary/aromatic N) is 1. The first kappa shape index (κ1) is 41.1. The van der Waals surface area contributed by atoms with Crippen LogP contribution in [0, 0.1) is 5.92 Å². The fourth-order valence-corrected chi connectivity index (χ4v) is 6.16. The standard InChI is InChI=1S/C38H57N7O6/c1-26(2)22-31(34(47)43-30(16-10-11-19-39)36(49)45-20-17-38(40,18-21-45)37(50)51)44-35(48)32(23-28-12-6-4-7-13-28)42-33(46)25-41-24-27(3)29-14-8-5-9-15-29/h4-9,12-15,26-27,30-32,41H,10-11,16-25,39-40H2,1-3H3,(H,42,46)(H,43,47)(H,44,48)(H,50,51)/t27?,30?,31-,32-/m1/s1. The smallest absolute Gasteiger partial charge is 0.323 e. The number of unbranched alkanes of at least 4 members (excludes halogenated alkanes) is 1. The van der Waals surface area contributed by atoms with Crippen molar-refractivity contribution < 1.29 is 29.1 Å². The Morgan fingerprint density at radius 2 is 1.41 bits per heavy atom. The molecule has 0 saturated carbocycles. The summed E-state index contributed by atoms with van der Waals surface area (Å²) in [6.07, 6.45) is 2.27. The summed E-state index contributed by atoms with van der Waals surface area (Å²) in [6, 6.07) is 16.5. The molecule has 4 atom stereocenters. The zero-order valence-electron chi connectivity index (χ0n) is 30.2. The van der Waals surface area contributed by atoms with Gasteiger partial charge in [0, 0.05) is 26.1 Å². The second-order valence-corrected chi connectivity index (χ2v) is 14.1. The number of benzene rings is 2. The van der Waals surface area contributed by atoms with E-state index in [9.17, 15) is 29.1 Å². The van der Waals surface area contributed by atoms with Crippen LogP contribution in [0.5, 0.6) is 0 Å². The van der Waals surface area contributed by atoms with Crippen LogP contribution in [-0.4, -0.2) is 96.0 Å². The number of hydrogen-bond acceptors (Lipinski definition) is 8. The molecule has 51 heavy (non-hydrogen) atoms. The lowest BCUT2D eigenvalue weighted by atomic mass is 9.88. The molecule has 1 aliphatic rings. The second-order valence-electron chi connectivity index (χ2n) is 14.1. The third-order valence-corrected chi connectivity index (χ3v) is 9.33. The number of likely N-dealkylation sites (tertiary alicyclic amines) is 1. The van der Waals surface area contributed by atoms with Crippen molar-refractivity contribution in [2.45, 2.75) is 95.3 Å². The van der Waals surface area contributed by atoms with E-state index < -0.39 is 41.4 Å². The van der Waals surface area contributed by atoms with Gasteiger partial charge < -0.3 is 42.7 Å². The first-order chi connectivity index (χ1) is 24.3. The molecule has 0 radical (unpaired) electrons. The quantitative estimate of drug-likeness (QED) is 0.0997. The average Bonchev–Trinajstić information content (AvgIpc) is 3.11. The molecule has 13 heteroatoms. The van der Waals surface area contributed by atoms with Gasteiger partial charge in [-0.3, -0.25) is 24.0 Å². The molecule has 1 heterocycles. The lowest BCUT2D eigenvalue weighted by Gasteiger charge is -2.38. The van der Waals surface area contributed by atoms with Crippen LogP contribution in [0.4, 0.5) is 0 Å². The number of hydrogen-bond donors (Lipinski definition) is 7. The van der Waals surface area contributed by atoms with Crippen LogP contribution in [0.15, 0.2) is 60.7 Å². The summed E-state index contributed by atoms with van der Waals surface area (Å²) in [5.74, 6) is -2.62. The molecule has 9 N–H and O–H groups in total. The first-order valence-electron chi connectivity index (χ1n) is 18.0. The van der Waals surface area contributed by atoms with Gasteiger partial charge in [0.25, 0.3) is 0 Å². The molecule has 4 amide bonds. The van der Waals surface area contributed by atoms with Crippen molar-refractivity contribution in [3.63, 3.8) is 0 Å². The summed E-state index contributed by atoms with van der Waals surface area (Å²) < 4.78 is 0. The predicted octanol–water partition coefficient (Wildman–Crippen LogP) is 1.66. The van der Waals surface area contributed by atoms with Gasteiger partial charge in [0.15, 0.2) is 0 Å². The molecule has 0 aromatic heterocycles. The predicted molar refractivity (Wildman–Crippen MR) is 196 cm³/mol. The molecular weight excluding hydrogens is 650 g/mol. The minimum Gasteiger partial charge on any atom is -0.480 e. The van der Waals surface area contributed by atoms with Gasteiger partial charge in [0.05, 0.1) is 6.54 Å². The zero-order valence-corrected chi connectivity index (χ0v) is 30.2. The SMILES string of the molecule is CC(C)C[C@@H](NC(=O)[C@@H](Cc1ccccc1)NC(=O)CNCC(C)c1ccccc1)C(=O)NC(CCCCN)C(=O)N1CCC(N)(C(=O)O)CC1. The van der Waals surface area contributed by atoms with E-state index in [0.29, 0.717) is 38.8 Å². The summed E-state index contributed by atoms with van der Waals surface area (Å²) in [5.41, 5.74) is 12.3. The fraction of sp³-hybridized carbons (Fsp3) is 0.553. The summed E-state index contributed by atoms with van der Waals surface area (Å²) in [5, 5.41) is 21.3. The van der Waals surface area contributed by atoms with Gasteiger partial charge in [0.2, 0.25) is 23.6 Å². The van der Waals surface area contributed by atoms with Gasteiger partial charge in [-0.05, 0) is 68.0 Å². The number of carboxylic acids is 1. The van der Waals surface area contributed by atoms with Crippen molar-refractivity contribution in [1.29, 1.82) is 0 Å². The molecule has 3 rings (SSSR count). The number of carbonyl (C=O) groups excluding carboxylic acids is 4. The number of amides is 4. The Bertz CT molecular complexity index is 1420. The van der Waals surface area contributed by atoms with Gasteiger partial charge >= 0.3 is 5.97 Å². The molecule has 2 unspecified atom stereocenters. The number of carbonyl (C=O) groups is 5. The molecule has 2 aromatic carbocycles. The molecule has 0 bridgehead atoms. The normalized spacial score (nSPS) is 16.4. The second kappa shape index (κ2) is 20.5. The summed E-state index contributed by atoms with van der Waals surface area (Å²) in [7, 11) is 0. The molecule has 1 saturated heterocycles. The molecule has 13 nitrogen and oxygen atoms in total. The lowest BCUT2D eigenvalue weighted by Crippen LogP contribution is -2.60. The van der Waals surface area contributed by atoms with Gasteiger partial charge in [-0.2, -0.15) is 0 Å². The fourth-order valence-electron chi connectivity index (χ4n) is 6.16. The van der Waals surface area contributed by atoms with E-state index in [1.54, 1.807) is 0 Å². The average molecular weight is 708 g/mol. The van der Waals surface area contributed by atoms with Crippen LogP contribution in [-0.2, 0) is 30.4 Å². The summed E-state index contributed by atoms with van der Waals surface area (Å²) >= 11 is 0. The van der Waals surface area contributed by atoms with Crippen molar-refractivity contribution in [3.8, 4) is 0 Å². The number of piperidine rings is 1. The zero-order chi connectivity index (χ0) is 37.4. The van der Waals surface area contributed by atoms with Crippen molar-refractivity contribution >= 4 is 29.6 Å². The Morgan fingerprint density at radius 3 is 2.00 bits per heavy atom. The number of carboxylic acid groups (broad SMARTS) is 1. The van der Waals surface area contributed by atoms with Crippen molar-refractivity contribution in [2.75, 3.05) is 32.7 Å². The number of nitrogens with two attached hydrogens (primary N) is 2. The molecular formula is C38H57N7O6. The topological polar surface area (TPSA) is 209 Å². The van der Waals surface area contributed by atoms with Crippen LogP contribution in [0.1, 0.15) is 76.3 Å². The van der Waals surface area contributed by atoms with Gasteiger partial charge in [-0.1, -0.05) is 81.4 Å². The van der Waals surface area contributed by atoms with E-state index in [4.69, 9.17) is 11.5 Å². The molecule has 1 fully saturated rings. The van der Waals surface area contributed by atoms with E-state index in [-0.39, 0.29) is 62.5 Å². The molecule has 1 aliphatic heterocycles. The highest BCUT2D eigenvalue weighted by molar-refractivity contribution is 5.94. The summed E-state index contributed by atoms with van der Waals surface area (Å²) in [6.45, 7) is 7.22. The van der Waals surface area contributed by atoms with Crippen molar-refractivity contribution in [2.24, 2.45) is 17.4 Å². The maximum Gasteiger partial charge on any atom is 0.323 e. The molecule has 0 aliphatic carbocycles. The number of nitrogens with one attached hydrogen (secondary N) is 4. The van der Waals surface area contributed by atoms with E-state index in [2.05, 4.69) is 28.2 Å². The third-order valence-electron chi connectivity index (χ3n) is 9.33. The van der Waals surface area contributed by atoms with Crippen molar-refractivity contribution in [1.82, 2.24) is 26.2 Å². The minimum absolute atomic E-state index is 0.00643. The monoisotopic (exact) mass is 707 g/mol. The number of rotatable bonds is 20. The Kier molecular flexibility index (Phi) is 16.5. The van der Waals surface area contributed by atoms with Gasteiger partial charge in [-0.15, -0.1) is 0 Å². The Labute approximate surface area is 301 Å². The maximum absolute atomic E-state index is 13.9. The van der Waals surface area contributed by atoms with Gasteiger partial charge in [0.1, 0.15) is 23.7 Å². The Hall–Kier alpha value is -4.33. The molecule has 0 spiro atoms. The van der Waals surface area contributed by atoms with Crippen LogP contribution < -0.4 is 32.7 Å². The van der Waals surface area contributed by atoms with Crippen LogP contribution in [0.25, 0.3) is 0 Å². The maximum atomic E-state index is 13.9. The van der Waals surface area contributed by atoms with E-state index in [0.717, 1.165) is 11.1 Å².